The molecule has 0 bridgehead atoms. The Bertz CT molecular complexity index is 452. The van der Waals surface area contributed by atoms with Crippen molar-refractivity contribution in [1.29, 1.82) is 0 Å². The number of hydrogen-bond acceptors (Lipinski definition) is 5. The number of carboxylic acid groups (broad SMARTS) is 1. The number of ether oxygens (including phenoxy) is 1. The van der Waals surface area contributed by atoms with Gasteiger partial charge in [-0.3, -0.25) is 9.59 Å². The number of hydrogen-bond donors (Lipinski definition) is 2. The van der Waals surface area contributed by atoms with Crippen LogP contribution < -0.4 is 4.72 Å². The van der Waals surface area contributed by atoms with Crippen LogP contribution in [0.15, 0.2) is 0 Å². The molecule has 0 atom stereocenters. The molecule has 0 aliphatic rings. The molecule has 0 aromatic rings. The van der Waals surface area contributed by atoms with Crippen LogP contribution in [0.25, 0.3) is 0 Å². The van der Waals surface area contributed by atoms with Crippen molar-refractivity contribution in [2.24, 2.45) is 5.41 Å². The Morgan fingerprint density at radius 3 is 2.05 bits per heavy atom. The van der Waals surface area contributed by atoms with Gasteiger partial charge in [0.25, 0.3) is 0 Å². The van der Waals surface area contributed by atoms with Crippen LogP contribution in [0.1, 0.15) is 34.6 Å². The first kappa shape index (κ1) is 17.8. The standard InChI is InChI=1S/C11H21NO6S/c1-6-18-8(13)7-19(16,17)12-11(4,5)10(2,3)9(14)15/h12H,6-7H2,1-5H3,(H,14,15). The molecule has 0 aromatic carbocycles. The Morgan fingerprint density at radius 1 is 1.21 bits per heavy atom. The molecule has 8 heteroatoms. The first-order chi connectivity index (χ1) is 8.35. The Labute approximate surface area is 113 Å². The second-order valence-corrected chi connectivity index (χ2v) is 6.94. The lowest BCUT2D eigenvalue weighted by molar-refractivity contribution is -0.150. The number of aliphatic carboxylic acids is 1. The smallest absolute Gasteiger partial charge is 0.322 e. The van der Waals surface area contributed by atoms with Crippen LogP contribution in [0.5, 0.6) is 0 Å². The molecule has 0 saturated heterocycles. The second kappa shape index (κ2) is 5.87. The molecular weight excluding hydrogens is 274 g/mol. The minimum absolute atomic E-state index is 0.0817. The molecule has 0 spiro atoms. The molecule has 0 amide bonds. The van der Waals surface area contributed by atoms with Gasteiger partial charge in [-0.05, 0) is 34.6 Å². The number of nitrogens with one attached hydrogen (secondary N) is 1. The van der Waals surface area contributed by atoms with E-state index in [-0.39, 0.29) is 6.61 Å². The highest BCUT2D eigenvalue weighted by Crippen LogP contribution is 2.31. The van der Waals surface area contributed by atoms with Gasteiger partial charge in [0, 0.05) is 5.54 Å². The molecule has 0 aliphatic heterocycles. The van der Waals surface area contributed by atoms with E-state index in [0.717, 1.165) is 0 Å². The Balaban J connectivity index is 5.02. The lowest BCUT2D eigenvalue weighted by atomic mass is 9.75. The van der Waals surface area contributed by atoms with Crippen molar-refractivity contribution in [3.05, 3.63) is 0 Å². The van der Waals surface area contributed by atoms with Crippen molar-refractivity contribution >= 4 is 22.0 Å². The van der Waals surface area contributed by atoms with Gasteiger partial charge in [0.05, 0.1) is 12.0 Å². The normalized spacial score (nSPS) is 13.1. The van der Waals surface area contributed by atoms with Crippen molar-refractivity contribution in [3.63, 3.8) is 0 Å². The molecule has 0 unspecified atom stereocenters. The average Bonchev–Trinajstić information content (AvgIpc) is 2.13. The number of carboxylic acids is 1. The van der Waals surface area contributed by atoms with Crippen LogP contribution >= 0.6 is 0 Å². The van der Waals surface area contributed by atoms with E-state index in [1.54, 1.807) is 6.92 Å². The van der Waals surface area contributed by atoms with Crippen molar-refractivity contribution in [3.8, 4) is 0 Å². The predicted molar refractivity (Wildman–Crippen MR) is 69.1 cm³/mol. The maximum atomic E-state index is 11.8. The Morgan fingerprint density at radius 2 is 1.68 bits per heavy atom. The third kappa shape index (κ3) is 4.79. The molecule has 2 N–H and O–H groups in total. The summed E-state index contributed by atoms with van der Waals surface area (Å²) in [5.41, 5.74) is -2.60. The third-order valence-electron chi connectivity index (χ3n) is 3.12. The molecule has 7 nitrogen and oxygen atoms in total. The van der Waals surface area contributed by atoms with Gasteiger partial charge < -0.3 is 9.84 Å². The van der Waals surface area contributed by atoms with Crippen LogP contribution in [0, 0.1) is 5.41 Å². The number of carbonyl (C=O) groups excluding carboxylic acids is 1. The highest BCUT2D eigenvalue weighted by atomic mass is 32.2. The van der Waals surface area contributed by atoms with E-state index in [1.807, 2.05) is 0 Å². The van der Waals surface area contributed by atoms with Gasteiger partial charge in [0.1, 0.15) is 0 Å². The molecule has 0 aromatic heterocycles. The number of sulfonamides is 1. The quantitative estimate of drug-likeness (QED) is 0.656. The van der Waals surface area contributed by atoms with Crippen LogP contribution in [-0.2, 0) is 24.3 Å². The highest BCUT2D eigenvalue weighted by molar-refractivity contribution is 7.90. The lowest BCUT2D eigenvalue weighted by Crippen LogP contribution is -2.57. The van der Waals surface area contributed by atoms with E-state index in [1.165, 1.54) is 27.7 Å². The van der Waals surface area contributed by atoms with Gasteiger partial charge in [-0.2, -0.15) is 0 Å². The minimum atomic E-state index is -3.97. The zero-order valence-corrected chi connectivity index (χ0v) is 12.6. The topological polar surface area (TPSA) is 110 Å². The largest absolute Gasteiger partial charge is 0.481 e. The molecule has 112 valence electrons. The summed E-state index contributed by atoms with van der Waals surface area (Å²) < 4.78 is 30.4. The summed E-state index contributed by atoms with van der Waals surface area (Å²) in [4.78, 5) is 22.3. The predicted octanol–water partition coefficient (Wildman–Crippen LogP) is 0.358. The Hall–Kier alpha value is -1.15. The van der Waals surface area contributed by atoms with Crippen molar-refractivity contribution in [2.75, 3.05) is 12.4 Å². The molecule has 0 aliphatic carbocycles. The van der Waals surface area contributed by atoms with Crippen LogP contribution in [0.3, 0.4) is 0 Å². The van der Waals surface area contributed by atoms with E-state index in [0.29, 0.717) is 0 Å². The van der Waals surface area contributed by atoms with Gasteiger partial charge in [0.2, 0.25) is 10.0 Å². The fraction of sp³-hybridized carbons (Fsp3) is 0.818. The van der Waals surface area contributed by atoms with E-state index in [9.17, 15) is 18.0 Å². The maximum Gasteiger partial charge on any atom is 0.322 e. The summed E-state index contributed by atoms with van der Waals surface area (Å²) in [6.45, 7) is 7.35. The SMILES string of the molecule is CCOC(=O)CS(=O)(=O)NC(C)(C)C(C)(C)C(=O)O. The fourth-order valence-electron chi connectivity index (χ4n) is 1.18. The zero-order valence-electron chi connectivity index (χ0n) is 11.8. The molecule has 0 heterocycles. The van der Waals surface area contributed by atoms with Gasteiger partial charge in [-0.15, -0.1) is 0 Å². The zero-order chi connectivity index (χ0) is 15.5. The molecule has 19 heavy (non-hydrogen) atoms. The fourth-order valence-corrected chi connectivity index (χ4v) is 2.68. The van der Waals surface area contributed by atoms with Crippen molar-refractivity contribution in [1.82, 2.24) is 4.72 Å². The number of rotatable bonds is 7. The summed E-state index contributed by atoms with van der Waals surface area (Å²) >= 11 is 0. The number of carbonyl (C=O) groups is 2. The summed E-state index contributed by atoms with van der Waals surface area (Å²) in [7, 11) is -3.97. The van der Waals surface area contributed by atoms with Crippen molar-refractivity contribution < 1.29 is 27.9 Å². The first-order valence-corrected chi connectivity index (χ1v) is 7.41. The Kier molecular flexibility index (Phi) is 5.52. The van der Waals surface area contributed by atoms with Gasteiger partial charge in [0.15, 0.2) is 5.75 Å². The second-order valence-electron chi connectivity index (χ2n) is 5.22. The van der Waals surface area contributed by atoms with Crippen LogP contribution in [-0.4, -0.2) is 43.4 Å². The molecule has 0 saturated carbocycles. The monoisotopic (exact) mass is 295 g/mol. The summed E-state index contributed by atoms with van der Waals surface area (Å²) in [5.74, 6) is -2.85. The first-order valence-electron chi connectivity index (χ1n) is 5.76. The van der Waals surface area contributed by atoms with E-state index in [4.69, 9.17) is 5.11 Å². The summed E-state index contributed by atoms with van der Waals surface area (Å²) in [5, 5.41) is 9.11. The average molecular weight is 295 g/mol. The highest BCUT2D eigenvalue weighted by Gasteiger charge is 2.45. The maximum absolute atomic E-state index is 11.8. The van der Waals surface area contributed by atoms with Gasteiger partial charge in [-0.1, -0.05) is 0 Å². The summed E-state index contributed by atoms with van der Waals surface area (Å²) in [6.07, 6.45) is 0. The number of esters is 1. The molecule has 0 radical (unpaired) electrons. The van der Waals surface area contributed by atoms with E-state index < -0.39 is 38.7 Å². The van der Waals surface area contributed by atoms with Gasteiger partial charge >= 0.3 is 11.9 Å². The summed E-state index contributed by atoms with van der Waals surface area (Å²) in [6, 6.07) is 0. The van der Waals surface area contributed by atoms with Crippen LogP contribution in [0.4, 0.5) is 0 Å². The van der Waals surface area contributed by atoms with E-state index in [2.05, 4.69) is 9.46 Å². The van der Waals surface area contributed by atoms with Crippen molar-refractivity contribution in [2.45, 2.75) is 40.2 Å². The molecular formula is C11H21NO6S. The molecule has 0 fully saturated rings. The minimum Gasteiger partial charge on any atom is -0.481 e. The van der Waals surface area contributed by atoms with Crippen LogP contribution in [0.2, 0.25) is 0 Å². The van der Waals surface area contributed by atoms with Gasteiger partial charge in [-0.25, -0.2) is 13.1 Å². The van der Waals surface area contributed by atoms with E-state index >= 15 is 0 Å². The molecule has 0 rings (SSSR count). The third-order valence-corrected chi connectivity index (χ3v) is 4.56. The lowest BCUT2D eigenvalue weighted by Gasteiger charge is -2.38.